The normalized spacial score (nSPS) is 17.2. The van der Waals surface area contributed by atoms with Gasteiger partial charge in [-0.1, -0.05) is 24.3 Å². The summed E-state index contributed by atoms with van der Waals surface area (Å²) in [5, 5.41) is 4.64. The number of halogens is 3. The maximum absolute atomic E-state index is 13.2. The Labute approximate surface area is 253 Å². The lowest BCUT2D eigenvalue weighted by atomic mass is 10.00. The molecular formula is C33H33F3N6O2. The van der Waals surface area contributed by atoms with Crippen LogP contribution in [0.2, 0.25) is 0 Å². The fraction of sp³-hybridized carbons (Fsp3) is 0.364. The number of carbonyl (C=O) groups is 2. The molecule has 0 aliphatic carbocycles. The number of pyridine rings is 2. The zero-order chi connectivity index (χ0) is 30.7. The van der Waals surface area contributed by atoms with Gasteiger partial charge in [-0.25, -0.2) is 9.50 Å². The molecule has 228 valence electrons. The molecule has 6 rings (SSSR count). The molecule has 8 nitrogen and oxygen atoms in total. The summed E-state index contributed by atoms with van der Waals surface area (Å²) in [6.45, 7) is 2.10. The largest absolute Gasteiger partial charge is 0.389 e. The van der Waals surface area contributed by atoms with Crippen molar-refractivity contribution in [3.63, 3.8) is 0 Å². The Bertz CT molecular complexity index is 1670. The smallest absolute Gasteiger partial charge is 0.339 e. The molecule has 1 aromatic carbocycles. The second-order valence-electron chi connectivity index (χ2n) is 11.5. The number of aromatic nitrogens is 4. The highest BCUT2D eigenvalue weighted by Crippen LogP contribution is 2.28. The quantitative estimate of drug-likeness (QED) is 0.271. The fourth-order valence-corrected chi connectivity index (χ4v) is 5.95. The summed E-state index contributed by atoms with van der Waals surface area (Å²) in [6, 6.07) is 17.4. The topological polar surface area (TPSA) is 83.7 Å². The predicted molar refractivity (Wildman–Crippen MR) is 159 cm³/mol. The monoisotopic (exact) mass is 602 g/mol. The minimum absolute atomic E-state index is 0.0388. The molecule has 2 aliphatic rings. The van der Waals surface area contributed by atoms with Crippen molar-refractivity contribution >= 4 is 23.0 Å². The summed E-state index contributed by atoms with van der Waals surface area (Å²) in [5.74, 6) is 0.595. The molecule has 0 radical (unpaired) electrons. The SMILES string of the molecule is O=C(CCC(F)(F)F)N1CC=C(c2cccn3nc(Cc4ccc(C(=O)N5CCC(Cc6ccccn6)C5)cc4)nc23)CC1. The zero-order valence-corrected chi connectivity index (χ0v) is 24.2. The van der Waals surface area contributed by atoms with E-state index < -0.39 is 24.9 Å². The van der Waals surface area contributed by atoms with Crippen LogP contribution in [0, 0.1) is 5.92 Å². The zero-order valence-electron chi connectivity index (χ0n) is 24.2. The average Bonchev–Trinajstić information content (AvgIpc) is 3.67. The van der Waals surface area contributed by atoms with E-state index in [1.54, 1.807) is 10.7 Å². The number of rotatable bonds is 8. The summed E-state index contributed by atoms with van der Waals surface area (Å²) in [7, 11) is 0. The molecule has 11 heteroatoms. The fourth-order valence-electron chi connectivity index (χ4n) is 5.95. The van der Waals surface area contributed by atoms with Crippen molar-refractivity contribution in [2.24, 2.45) is 5.92 Å². The van der Waals surface area contributed by atoms with Gasteiger partial charge in [0.05, 0.1) is 6.42 Å². The summed E-state index contributed by atoms with van der Waals surface area (Å²) in [6.07, 6.45) is 2.39. The Hall–Kier alpha value is -4.54. The molecule has 1 fully saturated rings. The van der Waals surface area contributed by atoms with Gasteiger partial charge in [-0.2, -0.15) is 18.3 Å². The number of alkyl halides is 3. The molecule has 3 aromatic heterocycles. The van der Waals surface area contributed by atoms with E-state index in [1.807, 2.05) is 71.8 Å². The number of amides is 2. The number of fused-ring (bicyclic) bond motifs is 1. The Morgan fingerprint density at radius 2 is 1.82 bits per heavy atom. The van der Waals surface area contributed by atoms with Crippen LogP contribution in [-0.4, -0.2) is 73.6 Å². The van der Waals surface area contributed by atoms with Crippen LogP contribution in [0.5, 0.6) is 0 Å². The van der Waals surface area contributed by atoms with E-state index in [1.165, 1.54) is 4.90 Å². The Kier molecular flexibility index (Phi) is 8.45. The number of likely N-dealkylation sites (tertiary alicyclic amines) is 1. The number of hydrogen-bond donors (Lipinski definition) is 0. The average molecular weight is 603 g/mol. The van der Waals surface area contributed by atoms with Crippen LogP contribution < -0.4 is 0 Å². The minimum Gasteiger partial charge on any atom is -0.339 e. The molecule has 0 saturated carbocycles. The highest BCUT2D eigenvalue weighted by Gasteiger charge is 2.30. The van der Waals surface area contributed by atoms with Crippen LogP contribution in [-0.2, 0) is 17.6 Å². The van der Waals surface area contributed by atoms with Gasteiger partial charge in [0.15, 0.2) is 11.5 Å². The first-order valence-electron chi connectivity index (χ1n) is 14.9. The van der Waals surface area contributed by atoms with Crippen LogP contribution in [0.25, 0.3) is 11.2 Å². The Morgan fingerprint density at radius 3 is 2.55 bits per heavy atom. The van der Waals surface area contributed by atoms with Crippen molar-refractivity contribution < 1.29 is 22.8 Å². The lowest BCUT2D eigenvalue weighted by molar-refractivity contribution is -0.148. The van der Waals surface area contributed by atoms with Crippen molar-refractivity contribution in [2.45, 2.75) is 44.7 Å². The molecule has 0 bridgehead atoms. The van der Waals surface area contributed by atoms with Gasteiger partial charge < -0.3 is 9.80 Å². The van der Waals surface area contributed by atoms with E-state index in [9.17, 15) is 22.8 Å². The second-order valence-corrected chi connectivity index (χ2v) is 11.5. The van der Waals surface area contributed by atoms with Gasteiger partial charge in [-0.3, -0.25) is 14.6 Å². The molecule has 4 aromatic rings. The van der Waals surface area contributed by atoms with Crippen LogP contribution >= 0.6 is 0 Å². The Morgan fingerprint density at radius 1 is 0.977 bits per heavy atom. The van der Waals surface area contributed by atoms with Crippen molar-refractivity contribution in [2.75, 3.05) is 26.2 Å². The third-order valence-electron chi connectivity index (χ3n) is 8.30. The van der Waals surface area contributed by atoms with Crippen molar-refractivity contribution in [3.05, 3.63) is 101 Å². The van der Waals surface area contributed by atoms with Crippen LogP contribution in [0.3, 0.4) is 0 Å². The van der Waals surface area contributed by atoms with Gasteiger partial charge in [0.25, 0.3) is 5.91 Å². The summed E-state index contributed by atoms with van der Waals surface area (Å²) in [4.78, 5) is 38.0. The van der Waals surface area contributed by atoms with Gasteiger partial charge in [-0.05, 0) is 72.7 Å². The molecule has 2 aliphatic heterocycles. The summed E-state index contributed by atoms with van der Waals surface area (Å²) >= 11 is 0. The number of hydrogen-bond acceptors (Lipinski definition) is 5. The maximum atomic E-state index is 13.2. The Balaban J connectivity index is 1.07. The van der Waals surface area contributed by atoms with E-state index in [2.05, 4.69) is 10.1 Å². The highest BCUT2D eigenvalue weighted by atomic mass is 19.4. The lowest BCUT2D eigenvalue weighted by Gasteiger charge is -2.27. The van der Waals surface area contributed by atoms with Crippen molar-refractivity contribution in [3.8, 4) is 0 Å². The molecule has 1 unspecified atom stereocenters. The van der Waals surface area contributed by atoms with Gasteiger partial charge >= 0.3 is 6.18 Å². The van der Waals surface area contributed by atoms with Gasteiger partial charge in [0.2, 0.25) is 5.91 Å². The molecular weight excluding hydrogens is 569 g/mol. The van der Waals surface area contributed by atoms with E-state index in [-0.39, 0.29) is 12.5 Å². The first-order chi connectivity index (χ1) is 21.2. The van der Waals surface area contributed by atoms with E-state index in [0.717, 1.165) is 48.3 Å². The number of carbonyl (C=O) groups excluding carboxylic acids is 2. The van der Waals surface area contributed by atoms with Gasteiger partial charge in [0, 0.05) is 68.2 Å². The van der Waals surface area contributed by atoms with Crippen LogP contribution in [0.1, 0.15) is 58.7 Å². The third-order valence-corrected chi connectivity index (χ3v) is 8.30. The highest BCUT2D eigenvalue weighted by molar-refractivity contribution is 5.94. The number of nitrogens with zero attached hydrogens (tertiary/aromatic N) is 6. The number of benzene rings is 1. The molecule has 1 atom stereocenters. The van der Waals surface area contributed by atoms with Crippen molar-refractivity contribution in [1.29, 1.82) is 0 Å². The van der Waals surface area contributed by atoms with Crippen LogP contribution in [0.15, 0.2) is 73.1 Å². The first kappa shape index (κ1) is 29.5. The molecule has 44 heavy (non-hydrogen) atoms. The second kappa shape index (κ2) is 12.6. The molecule has 1 saturated heterocycles. The predicted octanol–water partition coefficient (Wildman–Crippen LogP) is 5.38. The van der Waals surface area contributed by atoms with E-state index in [0.29, 0.717) is 42.3 Å². The molecule has 5 heterocycles. The first-order valence-corrected chi connectivity index (χ1v) is 14.9. The lowest BCUT2D eigenvalue weighted by Crippen LogP contribution is -2.35. The van der Waals surface area contributed by atoms with Crippen molar-refractivity contribution in [1.82, 2.24) is 29.4 Å². The van der Waals surface area contributed by atoms with E-state index >= 15 is 0 Å². The minimum atomic E-state index is -4.34. The van der Waals surface area contributed by atoms with E-state index in [4.69, 9.17) is 4.98 Å². The maximum Gasteiger partial charge on any atom is 0.389 e. The molecule has 0 N–H and O–H groups in total. The molecule has 2 amide bonds. The standard InChI is InChI=1S/C33H33F3N6O2/c34-33(35,36)14-10-30(43)40-18-12-25(13-19-40)28-5-3-16-42-31(28)38-29(39-42)21-23-6-8-26(9-7-23)32(44)41-17-11-24(22-41)20-27-4-1-2-15-37-27/h1-9,12,15-16,24H,10-11,13-14,17-22H2. The summed E-state index contributed by atoms with van der Waals surface area (Å²) in [5.41, 5.74) is 5.27. The third kappa shape index (κ3) is 6.98. The van der Waals surface area contributed by atoms with Crippen LogP contribution in [0.4, 0.5) is 13.2 Å². The summed E-state index contributed by atoms with van der Waals surface area (Å²) < 4.78 is 39.3. The van der Waals surface area contributed by atoms with Gasteiger partial charge in [0.1, 0.15) is 0 Å². The van der Waals surface area contributed by atoms with Gasteiger partial charge in [-0.15, -0.1) is 0 Å². The molecule has 0 spiro atoms.